The van der Waals surface area contributed by atoms with Crippen LogP contribution in [0.2, 0.25) is 0 Å². The Morgan fingerprint density at radius 2 is 2.20 bits per heavy atom. The van der Waals surface area contributed by atoms with E-state index in [1.807, 2.05) is 13.1 Å². The molecule has 6 nitrogen and oxygen atoms in total. The summed E-state index contributed by atoms with van der Waals surface area (Å²) in [7, 11) is 0. The number of carboxylic acid groups (broad SMARTS) is 1. The molecule has 0 fully saturated rings. The van der Waals surface area contributed by atoms with Gasteiger partial charge in [-0.25, -0.2) is 9.48 Å². The zero-order valence-electron chi connectivity index (χ0n) is 8.16. The molecule has 0 aliphatic carbocycles. The smallest absolute Gasteiger partial charge is 0.356 e. The molecule has 78 valence electrons. The molecule has 0 atom stereocenters. The second-order valence-corrected chi connectivity index (χ2v) is 2.98. The van der Waals surface area contributed by atoms with Crippen molar-refractivity contribution in [1.29, 1.82) is 0 Å². The van der Waals surface area contributed by atoms with Gasteiger partial charge in [-0.05, 0) is 13.0 Å². The molecule has 0 radical (unpaired) electrons. The Bertz CT molecular complexity index is 486. The topological polar surface area (TPSA) is 72.9 Å². The summed E-state index contributed by atoms with van der Waals surface area (Å²) in [5.74, 6) is -0.423. The highest BCUT2D eigenvalue weighted by atomic mass is 16.4. The molecule has 2 aromatic heterocycles. The van der Waals surface area contributed by atoms with Crippen molar-refractivity contribution in [2.45, 2.75) is 13.5 Å². The summed E-state index contributed by atoms with van der Waals surface area (Å²) in [6.45, 7) is 2.75. The van der Waals surface area contributed by atoms with E-state index in [2.05, 4.69) is 10.2 Å². The fraction of sp³-hybridized carbons (Fsp3) is 0.222. The summed E-state index contributed by atoms with van der Waals surface area (Å²) in [6.07, 6.45) is 3.39. The number of carboxylic acids is 1. The lowest BCUT2D eigenvalue weighted by atomic mass is 10.5. The fourth-order valence-electron chi connectivity index (χ4n) is 1.21. The molecule has 0 spiro atoms. The molecule has 1 N–H and O–H groups in total. The quantitative estimate of drug-likeness (QED) is 0.805. The molecule has 0 bridgehead atoms. The highest BCUT2D eigenvalue weighted by molar-refractivity contribution is 5.85. The summed E-state index contributed by atoms with van der Waals surface area (Å²) in [5, 5.41) is 16.8. The van der Waals surface area contributed by atoms with Crippen LogP contribution in [0.25, 0.3) is 5.82 Å². The molecule has 2 aromatic rings. The van der Waals surface area contributed by atoms with Crippen molar-refractivity contribution in [3.63, 3.8) is 0 Å². The Balaban J connectivity index is 2.32. The highest BCUT2D eigenvalue weighted by Gasteiger charge is 2.08. The van der Waals surface area contributed by atoms with Crippen molar-refractivity contribution in [3.05, 3.63) is 30.2 Å². The van der Waals surface area contributed by atoms with Crippen molar-refractivity contribution in [1.82, 2.24) is 19.6 Å². The fourth-order valence-corrected chi connectivity index (χ4v) is 1.21. The van der Waals surface area contributed by atoms with E-state index in [4.69, 9.17) is 5.11 Å². The number of rotatable bonds is 3. The molecule has 6 heteroatoms. The van der Waals surface area contributed by atoms with Crippen molar-refractivity contribution >= 4 is 5.97 Å². The highest BCUT2D eigenvalue weighted by Crippen LogP contribution is 2.04. The minimum absolute atomic E-state index is 0.0149. The lowest BCUT2D eigenvalue weighted by molar-refractivity contribution is 0.0690. The van der Waals surface area contributed by atoms with Crippen molar-refractivity contribution in [2.24, 2.45) is 0 Å². The maximum atomic E-state index is 10.6. The maximum absolute atomic E-state index is 10.6. The summed E-state index contributed by atoms with van der Waals surface area (Å²) in [4.78, 5) is 10.6. The van der Waals surface area contributed by atoms with Gasteiger partial charge in [-0.3, -0.25) is 4.68 Å². The van der Waals surface area contributed by atoms with Gasteiger partial charge >= 0.3 is 5.97 Å². The first-order valence-corrected chi connectivity index (χ1v) is 4.53. The number of carbonyl (C=O) groups is 1. The maximum Gasteiger partial charge on any atom is 0.356 e. The molecule has 0 unspecified atom stereocenters. The van der Waals surface area contributed by atoms with E-state index in [0.717, 1.165) is 6.54 Å². The number of hydrogen-bond acceptors (Lipinski definition) is 3. The van der Waals surface area contributed by atoms with Crippen LogP contribution in [0.3, 0.4) is 0 Å². The number of hydrogen-bond donors (Lipinski definition) is 1. The molecule has 0 saturated heterocycles. The summed E-state index contributed by atoms with van der Waals surface area (Å²) < 4.78 is 3.19. The monoisotopic (exact) mass is 206 g/mol. The zero-order valence-corrected chi connectivity index (χ0v) is 8.16. The third-order valence-electron chi connectivity index (χ3n) is 1.99. The Kier molecular flexibility index (Phi) is 2.24. The van der Waals surface area contributed by atoms with Crippen LogP contribution in [0.1, 0.15) is 17.4 Å². The van der Waals surface area contributed by atoms with Crippen LogP contribution in [-0.2, 0) is 6.54 Å². The predicted molar refractivity (Wildman–Crippen MR) is 52.0 cm³/mol. The van der Waals surface area contributed by atoms with Crippen LogP contribution in [0.4, 0.5) is 0 Å². The zero-order chi connectivity index (χ0) is 10.8. The predicted octanol–water partition coefficient (Wildman–Crippen LogP) is 0.787. The van der Waals surface area contributed by atoms with Crippen LogP contribution in [0.15, 0.2) is 24.5 Å². The van der Waals surface area contributed by atoms with Gasteiger partial charge in [0.25, 0.3) is 0 Å². The van der Waals surface area contributed by atoms with Gasteiger partial charge in [0, 0.05) is 25.0 Å². The molecule has 2 rings (SSSR count). The molecular formula is C9H10N4O2. The van der Waals surface area contributed by atoms with E-state index in [-0.39, 0.29) is 5.69 Å². The van der Waals surface area contributed by atoms with Gasteiger partial charge in [-0.1, -0.05) is 0 Å². The molecule has 0 aliphatic heterocycles. The van der Waals surface area contributed by atoms with E-state index >= 15 is 0 Å². The van der Waals surface area contributed by atoms with Gasteiger partial charge < -0.3 is 5.11 Å². The molecule has 0 aromatic carbocycles. The first-order chi connectivity index (χ1) is 7.20. The van der Waals surface area contributed by atoms with E-state index in [0.29, 0.717) is 5.82 Å². The molecule has 2 heterocycles. The second-order valence-electron chi connectivity index (χ2n) is 2.98. The van der Waals surface area contributed by atoms with Crippen LogP contribution < -0.4 is 0 Å². The molecule has 15 heavy (non-hydrogen) atoms. The van der Waals surface area contributed by atoms with Gasteiger partial charge in [-0.15, -0.1) is 0 Å². The SMILES string of the molecule is CCn1ccc(-n2ccc(C(=O)O)n2)n1. The molecule has 0 amide bonds. The average molecular weight is 206 g/mol. The van der Waals surface area contributed by atoms with Crippen LogP contribution in [0, 0.1) is 0 Å². The first-order valence-electron chi connectivity index (χ1n) is 4.53. The molecule has 0 aliphatic rings. The lowest BCUT2D eigenvalue weighted by Gasteiger charge is -1.95. The van der Waals surface area contributed by atoms with E-state index < -0.39 is 5.97 Å². The van der Waals surface area contributed by atoms with Crippen LogP contribution in [0.5, 0.6) is 0 Å². The summed E-state index contributed by atoms with van der Waals surface area (Å²) in [6, 6.07) is 3.22. The first kappa shape index (κ1) is 9.45. The second kappa shape index (κ2) is 3.56. The third-order valence-corrected chi connectivity index (χ3v) is 1.99. The number of aromatic carboxylic acids is 1. The van der Waals surface area contributed by atoms with Crippen LogP contribution in [-0.4, -0.2) is 30.6 Å². The van der Waals surface area contributed by atoms with Gasteiger partial charge in [0.2, 0.25) is 0 Å². The number of aryl methyl sites for hydroxylation is 1. The van der Waals surface area contributed by atoms with Crippen molar-refractivity contribution < 1.29 is 9.90 Å². The Morgan fingerprint density at radius 1 is 1.40 bits per heavy atom. The van der Waals surface area contributed by atoms with E-state index in [1.54, 1.807) is 16.9 Å². The number of aromatic nitrogens is 4. The largest absolute Gasteiger partial charge is 0.476 e. The van der Waals surface area contributed by atoms with E-state index in [1.165, 1.54) is 10.7 Å². The molecular weight excluding hydrogens is 196 g/mol. The van der Waals surface area contributed by atoms with Crippen LogP contribution >= 0.6 is 0 Å². The Labute approximate surface area is 85.8 Å². The lowest BCUT2D eigenvalue weighted by Crippen LogP contribution is -2.02. The Hall–Kier alpha value is -2.11. The summed E-state index contributed by atoms with van der Waals surface area (Å²) >= 11 is 0. The average Bonchev–Trinajstić information content (AvgIpc) is 2.86. The van der Waals surface area contributed by atoms with Gasteiger partial charge in [0.1, 0.15) is 0 Å². The minimum atomic E-state index is -1.04. The van der Waals surface area contributed by atoms with Gasteiger partial charge in [0.15, 0.2) is 11.5 Å². The Morgan fingerprint density at radius 3 is 2.73 bits per heavy atom. The van der Waals surface area contributed by atoms with E-state index in [9.17, 15) is 4.79 Å². The van der Waals surface area contributed by atoms with Crippen molar-refractivity contribution in [3.8, 4) is 5.82 Å². The number of nitrogens with zero attached hydrogens (tertiary/aromatic N) is 4. The summed E-state index contributed by atoms with van der Waals surface area (Å²) in [5.41, 5.74) is 0.0149. The normalized spacial score (nSPS) is 10.5. The molecule has 0 saturated carbocycles. The van der Waals surface area contributed by atoms with Gasteiger partial charge in [-0.2, -0.15) is 10.2 Å². The van der Waals surface area contributed by atoms with Gasteiger partial charge in [0.05, 0.1) is 0 Å². The minimum Gasteiger partial charge on any atom is -0.476 e. The van der Waals surface area contributed by atoms with Crippen molar-refractivity contribution in [2.75, 3.05) is 0 Å². The standard InChI is InChI=1S/C9H10N4O2/c1-2-12-5-4-8(11-12)13-6-3-7(10-13)9(14)15/h3-6H,2H2,1H3,(H,14,15). The third kappa shape index (κ3) is 1.74.